The molecule has 5 heteroatoms. The van der Waals surface area contributed by atoms with Crippen molar-refractivity contribution in [2.45, 2.75) is 12.5 Å². The van der Waals surface area contributed by atoms with Crippen LogP contribution in [-0.2, 0) is 6.42 Å². The molecule has 0 saturated heterocycles. The van der Waals surface area contributed by atoms with Crippen LogP contribution < -0.4 is 0 Å². The standard InChI is InChI=1S/C11H9F2NOS/c12-8-3-7(4-9(13)5-8)10(15)6-11-14-1-2-16-11/h1-5,10,15H,6H2. The lowest BCUT2D eigenvalue weighted by Crippen LogP contribution is -2.02. The molecule has 0 saturated carbocycles. The quantitative estimate of drug-likeness (QED) is 0.896. The van der Waals surface area contributed by atoms with Gasteiger partial charge in [-0.25, -0.2) is 13.8 Å². The zero-order chi connectivity index (χ0) is 11.5. The molecular weight excluding hydrogens is 232 g/mol. The predicted molar refractivity (Wildman–Crippen MR) is 57.1 cm³/mol. The summed E-state index contributed by atoms with van der Waals surface area (Å²) in [6.07, 6.45) is 0.954. The van der Waals surface area contributed by atoms with Gasteiger partial charge in [0, 0.05) is 24.1 Å². The Labute approximate surface area is 95.2 Å². The average molecular weight is 241 g/mol. The van der Waals surface area contributed by atoms with Gasteiger partial charge in [0.2, 0.25) is 0 Å². The zero-order valence-electron chi connectivity index (χ0n) is 8.23. The monoisotopic (exact) mass is 241 g/mol. The molecule has 0 spiro atoms. The normalized spacial score (nSPS) is 12.7. The van der Waals surface area contributed by atoms with Crippen LogP contribution in [0.15, 0.2) is 29.8 Å². The van der Waals surface area contributed by atoms with Crippen molar-refractivity contribution in [2.75, 3.05) is 0 Å². The molecule has 1 N–H and O–H groups in total. The smallest absolute Gasteiger partial charge is 0.126 e. The molecule has 1 atom stereocenters. The molecule has 1 aromatic carbocycles. The van der Waals surface area contributed by atoms with Crippen molar-refractivity contribution in [3.8, 4) is 0 Å². The minimum atomic E-state index is -0.934. The summed E-state index contributed by atoms with van der Waals surface area (Å²) >= 11 is 1.40. The van der Waals surface area contributed by atoms with Crippen molar-refractivity contribution in [1.82, 2.24) is 4.98 Å². The third-order valence-corrected chi connectivity index (χ3v) is 2.92. The van der Waals surface area contributed by atoms with Crippen LogP contribution in [0.1, 0.15) is 16.7 Å². The number of nitrogens with zero attached hydrogens (tertiary/aromatic N) is 1. The van der Waals surface area contributed by atoms with Crippen molar-refractivity contribution in [1.29, 1.82) is 0 Å². The molecule has 0 radical (unpaired) electrons. The van der Waals surface area contributed by atoms with E-state index in [1.54, 1.807) is 11.6 Å². The van der Waals surface area contributed by atoms with Gasteiger partial charge in [0.1, 0.15) is 11.6 Å². The van der Waals surface area contributed by atoms with Crippen LogP contribution in [-0.4, -0.2) is 10.1 Å². The fourth-order valence-electron chi connectivity index (χ4n) is 1.40. The van der Waals surface area contributed by atoms with Gasteiger partial charge in [-0.05, 0) is 17.7 Å². The van der Waals surface area contributed by atoms with Crippen molar-refractivity contribution >= 4 is 11.3 Å². The Morgan fingerprint density at radius 2 is 1.94 bits per heavy atom. The third-order valence-electron chi connectivity index (χ3n) is 2.12. The van der Waals surface area contributed by atoms with E-state index in [0.717, 1.165) is 23.2 Å². The van der Waals surface area contributed by atoms with Crippen LogP contribution in [0.3, 0.4) is 0 Å². The summed E-state index contributed by atoms with van der Waals surface area (Å²) in [7, 11) is 0. The highest BCUT2D eigenvalue weighted by Gasteiger charge is 2.12. The molecule has 0 amide bonds. The largest absolute Gasteiger partial charge is 0.388 e. The second-order valence-electron chi connectivity index (χ2n) is 3.35. The minimum Gasteiger partial charge on any atom is -0.388 e. The van der Waals surface area contributed by atoms with Gasteiger partial charge in [0.15, 0.2) is 0 Å². The summed E-state index contributed by atoms with van der Waals surface area (Å²) in [5.41, 5.74) is 0.229. The molecule has 2 nitrogen and oxygen atoms in total. The lowest BCUT2D eigenvalue weighted by Gasteiger charge is -2.09. The highest BCUT2D eigenvalue weighted by molar-refractivity contribution is 7.09. The van der Waals surface area contributed by atoms with E-state index in [-0.39, 0.29) is 12.0 Å². The number of aromatic nitrogens is 1. The average Bonchev–Trinajstić information content (AvgIpc) is 2.68. The van der Waals surface area contributed by atoms with E-state index < -0.39 is 17.7 Å². The first kappa shape index (κ1) is 11.2. The summed E-state index contributed by atoms with van der Waals surface area (Å²) in [5.74, 6) is -1.37. The van der Waals surface area contributed by atoms with E-state index in [9.17, 15) is 13.9 Å². The first-order valence-corrected chi connectivity index (χ1v) is 5.55. The molecular formula is C11H9F2NOS. The van der Waals surface area contributed by atoms with Crippen LogP contribution >= 0.6 is 11.3 Å². The number of aliphatic hydroxyl groups excluding tert-OH is 1. The summed E-state index contributed by atoms with van der Waals surface area (Å²) in [6.45, 7) is 0. The highest BCUT2D eigenvalue weighted by atomic mass is 32.1. The molecule has 0 aliphatic heterocycles. The number of hydrogen-bond donors (Lipinski definition) is 1. The lowest BCUT2D eigenvalue weighted by molar-refractivity contribution is 0.177. The Bertz CT molecular complexity index is 453. The summed E-state index contributed by atoms with van der Waals surface area (Å²) in [6, 6.07) is 3.03. The predicted octanol–water partition coefficient (Wildman–Crippen LogP) is 2.70. The van der Waals surface area contributed by atoms with E-state index in [0.29, 0.717) is 0 Å². The molecule has 2 rings (SSSR count). The van der Waals surface area contributed by atoms with Crippen LogP contribution in [0.4, 0.5) is 8.78 Å². The molecule has 0 fully saturated rings. The minimum absolute atomic E-state index is 0.229. The van der Waals surface area contributed by atoms with E-state index in [1.165, 1.54) is 11.3 Å². The van der Waals surface area contributed by atoms with E-state index in [4.69, 9.17) is 0 Å². The summed E-state index contributed by atoms with van der Waals surface area (Å²) in [5, 5.41) is 12.3. The topological polar surface area (TPSA) is 33.1 Å². The first-order valence-electron chi connectivity index (χ1n) is 4.67. The number of aliphatic hydroxyl groups is 1. The van der Waals surface area contributed by atoms with E-state index in [1.807, 2.05) is 0 Å². The number of benzene rings is 1. The second kappa shape index (κ2) is 4.67. The Kier molecular flexibility index (Phi) is 3.26. The molecule has 0 bridgehead atoms. The lowest BCUT2D eigenvalue weighted by atomic mass is 10.1. The fraction of sp³-hybridized carbons (Fsp3) is 0.182. The van der Waals surface area contributed by atoms with Gasteiger partial charge in [-0.15, -0.1) is 11.3 Å². The van der Waals surface area contributed by atoms with E-state index >= 15 is 0 Å². The molecule has 0 aliphatic carbocycles. The van der Waals surface area contributed by atoms with Crippen molar-refractivity contribution in [3.63, 3.8) is 0 Å². The Morgan fingerprint density at radius 3 is 2.50 bits per heavy atom. The second-order valence-corrected chi connectivity index (χ2v) is 4.33. The van der Waals surface area contributed by atoms with Crippen molar-refractivity contribution in [2.24, 2.45) is 0 Å². The van der Waals surface area contributed by atoms with Gasteiger partial charge >= 0.3 is 0 Å². The van der Waals surface area contributed by atoms with Crippen LogP contribution in [0.25, 0.3) is 0 Å². The maximum Gasteiger partial charge on any atom is 0.126 e. The molecule has 1 unspecified atom stereocenters. The number of halogens is 2. The Hall–Kier alpha value is -1.33. The summed E-state index contributed by atoms with van der Waals surface area (Å²) in [4.78, 5) is 4.00. The summed E-state index contributed by atoms with van der Waals surface area (Å²) < 4.78 is 25.8. The van der Waals surface area contributed by atoms with Gasteiger partial charge in [0.25, 0.3) is 0 Å². The SMILES string of the molecule is OC(Cc1nccs1)c1cc(F)cc(F)c1. The van der Waals surface area contributed by atoms with Gasteiger partial charge < -0.3 is 5.11 Å². The zero-order valence-corrected chi connectivity index (χ0v) is 9.05. The molecule has 16 heavy (non-hydrogen) atoms. The first-order chi connectivity index (χ1) is 7.65. The maximum absolute atomic E-state index is 12.9. The highest BCUT2D eigenvalue weighted by Crippen LogP contribution is 2.21. The van der Waals surface area contributed by atoms with Gasteiger partial charge in [0.05, 0.1) is 11.1 Å². The third kappa shape index (κ3) is 2.62. The van der Waals surface area contributed by atoms with Crippen molar-refractivity contribution in [3.05, 3.63) is 52.0 Å². The molecule has 2 aromatic rings. The Morgan fingerprint density at radius 1 is 1.25 bits per heavy atom. The number of hydrogen-bond acceptors (Lipinski definition) is 3. The fourth-order valence-corrected chi connectivity index (χ4v) is 2.06. The van der Waals surface area contributed by atoms with Crippen LogP contribution in [0.2, 0.25) is 0 Å². The molecule has 84 valence electrons. The number of thiazole rings is 1. The van der Waals surface area contributed by atoms with Crippen LogP contribution in [0.5, 0.6) is 0 Å². The maximum atomic E-state index is 12.9. The number of rotatable bonds is 3. The molecule has 0 aliphatic rings. The van der Waals surface area contributed by atoms with Gasteiger partial charge in [-0.3, -0.25) is 0 Å². The Balaban J connectivity index is 2.17. The molecule has 1 aromatic heterocycles. The van der Waals surface area contributed by atoms with Gasteiger partial charge in [-0.2, -0.15) is 0 Å². The van der Waals surface area contributed by atoms with E-state index in [2.05, 4.69) is 4.98 Å². The van der Waals surface area contributed by atoms with Crippen molar-refractivity contribution < 1.29 is 13.9 Å². The molecule has 1 heterocycles. The van der Waals surface area contributed by atoms with Crippen LogP contribution in [0, 0.1) is 11.6 Å². The van der Waals surface area contributed by atoms with Gasteiger partial charge in [-0.1, -0.05) is 0 Å².